The minimum atomic E-state index is -4.69. The van der Waals surface area contributed by atoms with Crippen molar-refractivity contribution in [3.63, 3.8) is 0 Å². The lowest BCUT2D eigenvalue weighted by molar-refractivity contribution is -0.137. The Morgan fingerprint density at radius 1 is 1.23 bits per heavy atom. The number of halogens is 3. The fourth-order valence-electron chi connectivity index (χ4n) is 2.32. The van der Waals surface area contributed by atoms with Crippen LogP contribution in [0, 0.1) is 6.92 Å². The Labute approximate surface area is 170 Å². The van der Waals surface area contributed by atoms with Crippen LogP contribution in [0.15, 0.2) is 39.8 Å². The molecule has 0 radical (unpaired) electrons. The van der Waals surface area contributed by atoms with Gasteiger partial charge < -0.3 is 14.7 Å². The number of benzene rings is 1. The maximum absolute atomic E-state index is 12.7. The van der Waals surface area contributed by atoms with E-state index < -0.39 is 38.5 Å². The zero-order valence-corrected chi connectivity index (χ0v) is 16.8. The third kappa shape index (κ3) is 6.56. The van der Waals surface area contributed by atoms with E-state index in [0.717, 1.165) is 23.1 Å². The lowest BCUT2D eigenvalue weighted by Crippen LogP contribution is -2.37. The third-order valence-electron chi connectivity index (χ3n) is 3.80. The van der Waals surface area contributed by atoms with Gasteiger partial charge in [0.2, 0.25) is 21.8 Å². The second-order valence-electron chi connectivity index (χ2n) is 6.29. The van der Waals surface area contributed by atoms with Gasteiger partial charge in [0.1, 0.15) is 5.76 Å². The van der Waals surface area contributed by atoms with Crippen molar-refractivity contribution in [1.29, 1.82) is 0 Å². The summed E-state index contributed by atoms with van der Waals surface area (Å²) >= 11 is 0. The number of amides is 2. The van der Waals surface area contributed by atoms with Crippen LogP contribution in [0.3, 0.4) is 0 Å². The van der Waals surface area contributed by atoms with Crippen molar-refractivity contribution in [1.82, 2.24) is 14.8 Å². The minimum Gasteiger partial charge on any atom is -0.360 e. The van der Waals surface area contributed by atoms with Gasteiger partial charge in [-0.3, -0.25) is 9.59 Å². The van der Waals surface area contributed by atoms with Gasteiger partial charge in [-0.05, 0) is 25.1 Å². The van der Waals surface area contributed by atoms with E-state index in [1.807, 2.05) is 0 Å². The summed E-state index contributed by atoms with van der Waals surface area (Å²) in [6.45, 7) is 0.968. The Balaban J connectivity index is 1.86. The van der Waals surface area contributed by atoms with E-state index in [-0.39, 0.29) is 25.3 Å². The Morgan fingerprint density at radius 2 is 1.93 bits per heavy atom. The van der Waals surface area contributed by atoms with Gasteiger partial charge in [-0.2, -0.15) is 13.2 Å². The normalized spacial score (nSPS) is 11.9. The van der Waals surface area contributed by atoms with Gasteiger partial charge in [-0.1, -0.05) is 11.2 Å². The quantitative estimate of drug-likeness (QED) is 0.635. The summed E-state index contributed by atoms with van der Waals surface area (Å²) in [4.78, 5) is 24.4. The van der Waals surface area contributed by atoms with Gasteiger partial charge in [0, 0.05) is 26.1 Å². The predicted molar refractivity (Wildman–Crippen MR) is 98.8 cm³/mol. The van der Waals surface area contributed by atoms with Crippen LogP contribution in [0.5, 0.6) is 0 Å². The minimum absolute atomic E-state index is 0.187. The Hall–Kier alpha value is -2.93. The molecule has 0 atom stereocenters. The van der Waals surface area contributed by atoms with Crippen molar-refractivity contribution in [2.45, 2.75) is 24.4 Å². The van der Waals surface area contributed by atoms with E-state index in [1.54, 1.807) is 6.92 Å². The summed E-state index contributed by atoms with van der Waals surface area (Å²) in [6, 6.07) is 4.74. The number of carbonyl (C=O) groups excluding carboxylic acids is 2. The molecule has 1 aromatic carbocycles. The van der Waals surface area contributed by atoms with Crippen molar-refractivity contribution in [2.24, 2.45) is 0 Å². The lowest BCUT2D eigenvalue weighted by Gasteiger charge is -2.16. The summed E-state index contributed by atoms with van der Waals surface area (Å²) in [5.74, 6) is -0.410. The van der Waals surface area contributed by atoms with E-state index in [2.05, 4.69) is 15.2 Å². The van der Waals surface area contributed by atoms with Gasteiger partial charge in [-0.15, -0.1) is 0 Å². The first-order chi connectivity index (χ1) is 13.9. The smallest absolute Gasteiger partial charge is 0.360 e. The van der Waals surface area contributed by atoms with Crippen molar-refractivity contribution < 1.29 is 35.7 Å². The summed E-state index contributed by atoms with van der Waals surface area (Å²) in [5, 5.41) is 6.00. The van der Waals surface area contributed by atoms with Crippen LogP contribution >= 0.6 is 0 Å². The molecule has 30 heavy (non-hydrogen) atoms. The summed E-state index contributed by atoms with van der Waals surface area (Å²) in [6.07, 6.45) is -4.99. The number of alkyl halides is 3. The molecular formula is C17H19F3N4O5S. The number of rotatable bonds is 8. The van der Waals surface area contributed by atoms with Crippen LogP contribution in [-0.4, -0.2) is 50.4 Å². The van der Waals surface area contributed by atoms with E-state index in [4.69, 9.17) is 4.52 Å². The van der Waals surface area contributed by atoms with E-state index >= 15 is 0 Å². The molecule has 0 saturated carbocycles. The molecule has 9 nitrogen and oxygen atoms in total. The Morgan fingerprint density at radius 3 is 2.53 bits per heavy atom. The molecule has 164 valence electrons. The highest BCUT2D eigenvalue weighted by Gasteiger charge is 2.31. The number of likely N-dealkylation sites (N-methyl/N-ethyl adjacent to an activating group) is 1. The van der Waals surface area contributed by atoms with Crippen molar-refractivity contribution >= 4 is 27.7 Å². The SMILES string of the molecule is Cc1cc(NC(=O)CN(C)C(=O)CCNS(=O)(=O)c2cccc(C(F)(F)F)c2)no1. The fourth-order valence-corrected chi connectivity index (χ4v) is 3.39. The molecule has 2 rings (SSSR count). The molecule has 1 aromatic heterocycles. The standard InChI is InChI=1S/C17H19F3N4O5S/c1-11-8-14(23-29-11)22-15(25)10-24(2)16(26)6-7-21-30(27,28)13-5-3-4-12(9-13)17(18,19)20/h3-5,8-9,21H,6-7,10H2,1-2H3,(H,22,23,25). The summed E-state index contributed by atoms with van der Waals surface area (Å²) in [7, 11) is -2.90. The molecule has 0 unspecified atom stereocenters. The molecule has 0 saturated heterocycles. The van der Waals surface area contributed by atoms with E-state index in [0.29, 0.717) is 11.8 Å². The molecule has 13 heteroatoms. The highest BCUT2D eigenvalue weighted by molar-refractivity contribution is 7.89. The number of aryl methyl sites for hydroxylation is 1. The number of carbonyl (C=O) groups is 2. The molecule has 0 aliphatic heterocycles. The van der Waals surface area contributed by atoms with Crippen molar-refractivity contribution in [2.75, 3.05) is 25.5 Å². The van der Waals surface area contributed by atoms with Gasteiger partial charge in [0.15, 0.2) is 5.82 Å². The second-order valence-corrected chi connectivity index (χ2v) is 8.06. The average molecular weight is 448 g/mol. The monoisotopic (exact) mass is 448 g/mol. The molecule has 0 bridgehead atoms. The molecule has 0 aliphatic carbocycles. The largest absolute Gasteiger partial charge is 0.416 e. The number of sulfonamides is 1. The molecule has 2 amide bonds. The maximum Gasteiger partial charge on any atom is 0.416 e. The highest BCUT2D eigenvalue weighted by atomic mass is 32.2. The van der Waals surface area contributed by atoms with E-state index in [1.165, 1.54) is 13.1 Å². The van der Waals surface area contributed by atoms with Gasteiger partial charge in [-0.25, -0.2) is 13.1 Å². The van der Waals surface area contributed by atoms with E-state index in [9.17, 15) is 31.2 Å². The van der Waals surface area contributed by atoms with Crippen LogP contribution in [0.1, 0.15) is 17.7 Å². The second kappa shape index (κ2) is 9.26. The fraction of sp³-hybridized carbons (Fsp3) is 0.353. The topological polar surface area (TPSA) is 122 Å². The molecule has 0 aliphatic rings. The van der Waals surface area contributed by atoms with Crippen LogP contribution in [0.25, 0.3) is 0 Å². The number of nitrogens with zero attached hydrogens (tertiary/aromatic N) is 2. The van der Waals surface area contributed by atoms with Gasteiger partial charge in [0.25, 0.3) is 0 Å². The highest BCUT2D eigenvalue weighted by Crippen LogP contribution is 2.30. The first-order valence-corrected chi connectivity index (χ1v) is 10.0. The summed E-state index contributed by atoms with van der Waals surface area (Å²) < 4.78 is 69.4. The molecule has 2 aromatic rings. The number of hydrogen-bond acceptors (Lipinski definition) is 6. The Bertz CT molecular complexity index is 1020. The number of hydrogen-bond donors (Lipinski definition) is 2. The zero-order valence-electron chi connectivity index (χ0n) is 16.0. The first kappa shape index (κ1) is 23.3. The third-order valence-corrected chi connectivity index (χ3v) is 5.26. The van der Waals surface area contributed by atoms with Crippen molar-refractivity contribution in [3.05, 3.63) is 41.7 Å². The molecular weight excluding hydrogens is 429 g/mol. The number of anilines is 1. The Kier molecular flexibility index (Phi) is 7.21. The first-order valence-electron chi connectivity index (χ1n) is 8.52. The average Bonchev–Trinajstić information content (AvgIpc) is 3.05. The van der Waals surface area contributed by atoms with Gasteiger partial charge >= 0.3 is 6.18 Å². The number of aromatic nitrogens is 1. The zero-order chi connectivity index (χ0) is 22.5. The molecule has 0 spiro atoms. The van der Waals surface area contributed by atoms with Crippen LogP contribution in [0.4, 0.5) is 19.0 Å². The van der Waals surface area contributed by atoms with Crippen molar-refractivity contribution in [3.8, 4) is 0 Å². The lowest BCUT2D eigenvalue weighted by atomic mass is 10.2. The molecule has 1 heterocycles. The maximum atomic E-state index is 12.7. The van der Waals surface area contributed by atoms with Crippen LogP contribution in [0.2, 0.25) is 0 Å². The molecule has 0 fully saturated rings. The number of nitrogens with one attached hydrogen (secondary N) is 2. The van der Waals surface area contributed by atoms with Gasteiger partial charge in [0.05, 0.1) is 17.0 Å². The summed E-state index contributed by atoms with van der Waals surface area (Å²) in [5.41, 5.74) is -1.10. The molecule has 2 N–H and O–H groups in total. The predicted octanol–water partition coefficient (Wildman–Crippen LogP) is 1.77. The van der Waals surface area contributed by atoms with Crippen LogP contribution in [-0.2, 0) is 25.8 Å². The van der Waals surface area contributed by atoms with Crippen LogP contribution < -0.4 is 10.0 Å².